The van der Waals surface area contributed by atoms with Crippen LogP contribution in [-0.4, -0.2) is 32.9 Å². The maximum atomic E-state index is 12.0. The Labute approximate surface area is 161 Å². The number of amides is 1. The van der Waals surface area contributed by atoms with Gasteiger partial charge in [-0.1, -0.05) is 35.5 Å². The smallest absolute Gasteiger partial charge is 0.331 e. The van der Waals surface area contributed by atoms with Gasteiger partial charge in [0.15, 0.2) is 11.9 Å². The number of hydrogen-bond acceptors (Lipinski definition) is 6. The van der Waals surface area contributed by atoms with Crippen molar-refractivity contribution in [2.45, 2.75) is 26.5 Å². The molecule has 0 bridgehead atoms. The van der Waals surface area contributed by atoms with Crippen molar-refractivity contribution < 1.29 is 18.8 Å². The first-order valence-corrected chi connectivity index (χ1v) is 8.69. The predicted octanol–water partition coefficient (Wildman–Crippen LogP) is 2.81. The van der Waals surface area contributed by atoms with Crippen LogP contribution in [0.1, 0.15) is 23.8 Å². The summed E-state index contributed by atoms with van der Waals surface area (Å²) in [7, 11) is 0. The minimum Gasteiger partial charge on any atom is -0.449 e. The monoisotopic (exact) mass is 380 g/mol. The zero-order chi connectivity index (χ0) is 19.9. The molecule has 0 saturated carbocycles. The third-order valence-electron chi connectivity index (χ3n) is 3.79. The van der Waals surface area contributed by atoms with E-state index in [1.807, 2.05) is 36.5 Å². The number of nitrogens with zero attached hydrogens (tertiary/aromatic N) is 3. The molecule has 0 aliphatic heterocycles. The number of anilines is 1. The molecule has 8 heteroatoms. The highest BCUT2D eigenvalue weighted by atomic mass is 16.5. The van der Waals surface area contributed by atoms with Crippen molar-refractivity contribution in [3.05, 3.63) is 71.8 Å². The molecule has 1 N–H and O–H groups in total. The van der Waals surface area contributed by atoms with Crippen LogP contribution in [0.15, 0.2) is 59.4 Å². The second-order valence-electron chi connectivity index (χ2n) is 6.18. The lowest BCUT2D eigenvalue weighted by atomic mass is 10.2. The van der Waals surface area contributed by atoms with Crippen molar-refractivity contribution in [2.24, 2.45) is 0 Å². The Morgan fingerprint density at radius 2 is 2.11 bits per heavy atom. The van der Waals surface area contributed by atoms with Crippen molar-refractivity contribution in [3.8, 4) is 0 Å². The highest BCUT2D eigenvalue weighted by molar-refractivity contribution is 5.96. The van der Waals surface area contributed by atoms with Gasteiger partial charge in [-0.2, -0.15) is 5.10 Å². The van der Waals surface area contributed by atoms with Crippen LogP contribution in [-0.2, 0) is 20.9 Å². The van der Waals surface area contributed by atoms with Gasteiger partial charge in [-0.05, 0) is 25.5 Å². The first-order chi connectivity index (χ1) is 13.5. The van der Waals surface area contributed by atoms with E-state index in [1.165, 1.54) is 13.0 Å². The first-order valence-electron chi connectivity index (χ1n) is 8.69. The van der Waals surface area contributed by atoms with Crippen LogP contribution in [0.4, 0.5) is 5.82 Å². The zero-order valence-electron chi connectivity index (χ0n) is 15.5. The predicted molar refractivity (Wildman–Crippen MR) is 102 cm³/mol. The molecular weight excluding hydrogens is 360 g/mol. The lowest BCUT2D eigenvalue weighted by molar-refractivity contribution is -0.148. The number of aromatic nitrogens is 3. The van der Waals surface area contributed by atoms with Crippen LogP contribution in [0, 0.1) is 6.92 Å². The number of ether oxygens (including phenoxy) is 1. The Hall–Kier alpha value is -3.68. The standard InChI is InChI=1S/C20H20N4O4/c1-14-10-18(23-28-14)22-20(26)15(2)27-19(25)9-8-17-11-21-24(13-17)12-16-6-4-3-5-7-16/h3-11,13,15H,12H2,1-2H3,(H,22,23,26)/b9-8+/t15-/m0/s1. The van der Waals surface area contributed by atoms with Crippen LogP contribution in [0.2, 0.25) is 0 Å². The van der Waals surface area contributed by atoms with Gasteiger partial charge in [0.25, 0.3) is 5.91 Å². The molecule has 1 atom stereocenters. The third kappa shape index (κ3) is 5.41. The van der Waals surface area contributed by atoms with E-state index < -0.39 is 18.0 Å². The minimum atomic E-state index is -0.977. The van der Waals surface area contributed by atoms with Gasteiger partial charge in [0.2, 0.25) is 0 Å². The van der Waals surface area contributed by atoms with Crippen molar-refractivity contribution in [3.63, 3.8) is 0 Å². The molecule has 0 fully saturated rings. The molecule has 28 heavy (non-hydrogen) atoms. The fraction of sp³-hybridized carbons (Fsp3) is 0.200. The molecule has 144 valence electrons. The summed E-state index contributed by atoms with van der Waals surface area (Å²) >= 11 is 0. The summed E-state index contributed by atoms with van der Waals surface area (Å²) in [6, 6.07) is 11.5. The van der Waals surface area contributed by atoms with Gasteiger partial charge in [-0.15, -0.1) is 0 Å². The Bertz CT molecular complexity index is 975. The van der Waals surface area contributed by atoms with E-state index in [-0.39, 0.29) is 5.82 Å². The van der Waals surface area contributed by atoms with Gasteiger partial charge < -0.3 is 14.6 Å². The lowest BCUT2D eigenvalue weighted by Crippen LogP contribution is -2.29. The Balaban J connectivity index is 1.50. The van der Waals surface area contributed by atoms with Gasteiger partial charge in [0, 0.05) is 23.9 Å². The number of nitrogens with one attached hydrogen (secondary N) is 1. The molecule has 0 unspecified atom stereocenters. The van der Waals surface area contributed by atoms with Gasteiger partial charge in [-0.25, -0.2) is 4.79 Å². The number of benzene rings is 1. The molecule has 0 radical (unpaired) electrons. The number of carbonyl (C=O) groups excluding carboxylic acids is 2. The van der Waals surface area contributed by atoms with E-state index in [0.717, 1.165) is 11.1 Å². The number of rotatable bonds is 7. The van der Waals surface area contributed by atoms with Gasteiger partial charge in [0.05, 0.1) is 12.7 Å². The average molecular weight is 380 g/mol. The van der Waals surface area contributed by atoms with E-state index in [9.17, 15) is 9.59 Å². The van der Waals surface area contributed by atoms with Gasteiger partial charge >= 0.3 is 5.97 Å². The fourth-order valence-corrected chi connectivity index (χ4v) is 2.41. The maximum absolute atomic E-state index is 12.0. The van der Waals surface area contributed by atoms with Crippen molar-refractivity contribution in [1.29, 1.82) is 0 Å². The number of aryl methyl sites for hydroxylation is 1. The number of carbonyl (C=O) groups is 2. The second-order valence-corrected chi connectivity index (χ2v) is 6.18. The molecule has 8 nitrogen and oxygen atoms in total. The summed E-state index contributed by atoms with van der Waals surface area (Å²) in [5, 5.41) is 10.4. The summed E-state index contributed by atoms with van der Waals surface area (Å²) in [6.45, 7) is 3.82. The van der Waals surface area contributed by atoms with Crippen LogP contribution in [0.3, 0.4) is 0 Å². The van der Waals surface area contributed by atoms with Crippen LogP contribution >= 0.6 is 0 Å². The summed E-state index contributed by atoms with van der Waals surface area (Å²) in [5.41, 5.74) is 1.88. The normalized spacial score (nSPS) is 12.1. The van der Waals surface area contributed by atoms with Gasteiger partial charge in [-0.3, -0.25) is 9.48 Å². The first kappa shape index (κ1) is 19.1. The summed E-state index contributed by atoms with van der Waals surface area (Å²) in [6.07, 6.45) is 5.33. The van der Waals surface area contributed by atoms with E-state index >= 15 is 0 Å². The molecule has 2 aromatic heterocycles. The van der Waals surface area contributed by atoms with E-state index in [2.05, 4.69) is 15.6 Å². The molecule has 1 amide bonds. The zero-order valence-corrected chi connectivity index (χ0v) is 15.5. The largest absolute Gasteiger partial charge is 0.449 e. The summed E-state index contributed by atoms with van der Waals surface area (Å²) < 4.78 is 11.7. The summed E-state index contributed by atoms with van der Waals surface area (Å²) in [5.74, 6) is -0.289. The van der Waals surface area contributed by atoms with Crippen molar-refractivity contribution in [1.82, 2.24) is 14.9 Å². The minimum absolute atomic E-state index is 0.270. The Morgan fingerprint density at radius 3 is 2.82 bits per heavy atom. The molecule has 0 saturated heterocycles. The van der Waals surface area contributed by atoms with E-state index in [0.29, 0.717) is 12.3 Å². The van der Waals surface area contributed by atoms with Crippen LogP contribution in [0.25, 0.3) is 6.08 Å². The topological polar surface area (TPSA) is 99.2 Å². The molecular formula is C20H20N4O4. The second kappa shape index (κ2) is 8.81. The maximum Gasteiger partial charge on any atom is 0.331 e. The highest BCUT2D eigenvalue weighted by Gasteiger charge is 2.18. The van der Waals surface area contributed by atoms with Crippen molar-refractivity contribution >= 4 is 23.8 Å². The molecule has 0 spiro atoms. The fourth-order valence-electron chi connectivity index (χ4n) is 2.41. The van der Waals surface area contributed by atoms with E-state index in [1.54, 1.807) is 29.9 Å². The molecule has 3 rings (SSSR count). The summed E-state index contributed by atoms with van der Waals surface area (Å²) in [4.78, 5) is 23.9. The van der Waals surface area contributed by atoms with E-state index in [4.69, 9.17) is 9.26 Å². The van der Waals surface area contributed by atoms with Crippen LogP contribution in [0.5, 0.6) is 0 Å². The Kier molecular flexibility index (Phi) is 6.01. The van der Waals surface area contributed by atoms with Gasteiger partial charge in [0.1, 0.15) is 5.76 Å². The number of esters is 1. The molecule has 2 heterocycles. The molecule has 0 aliphatic rings. The third-order valence-corrected chi connectivity index (χ3v) is 3.79. The Morgan fingerprint density at radius 1 is 1.32 bits per heavy atom. The number of hydrogen-bond donors (Lipinski definition) is 1. The molecule has 3 aromatic rings. The average Bonchev–Trinajstić information content (AvgIpc) is 3.29. The van der Waals surface area contributed by atoms with Crippen LogP contribution < -0.4 is 5.32 Å². The highest BCUT2D eigenvalue weighted by Crippen LogP contribution is 2.09. The quantitative estimate of drug-likeness (QED) is 0.500. The SMILES string of the molecule is Cc1cc(NC(=O)[C@H](C)OC(=O)/C=C/c2cnn(Cc3ccccc3)c2)no1. The molecule has 0 aliphatic carbocycles. The van der Waals surface area contributed by atoms with Crippen molar-refractivity contribution in [2.75, 3.05) is 5.32 Å². The lowest BCUT2D eigenvalue weighted by Gasteiger charge is -2.10. The molecule has 1 aromatic carbocycles.